The fourth-order valence-electron chi connectivity index (χ4n) is 1.19. The summed E-state index contributed by atoms with van der Waals surface area (Å²) in [6, 6.07) is 4.21. The molecule has 94 valence electrons. The van der Waals surface area contributed by atoms with E-state index in [4.69, 9.17) is 0 Å². The largest absolute Gasteiger partial charge is 0.467 e. The molecule has 4 nitrogen and oxygen atoms in total. The summed E-state index contributed by atoms with van der Waals surface area (Å²) < 4.78 is 18.0. The van der Waals surface area contributed by atoms with E-state index in [0.29, 0.717) is 9.26 Å². The van der Waals surface area contributed by atoms with E-state index in [0.717, 1.165) is 0 Å². The number of esters is 1. The molecule has 1 aromatic rings. The molecule has 0 radical (unpaired) electrons. The Bertz CT molecular complexity index is 423. The summed E-state index contributed by atoms with van der Waals surface area (Å²) in [6.07, 6.45) is 0. The number of carbonyl (C=O) groups is 1. The molecule has 0 saturated heterocycles. The van der Waals surface area contributed by atoms with Crippen molar-refractivity contribution in [2.24, 2.45) is 0 Å². The van der Waals surface area contributed by atoms with E-state index in [-0.39, 0.29) is 12.4 Å². The number of halogens is 2. The Morgan fingerprint density at radius 1 is 1.65 bits per heavy atom. The van der Waals surface area contributed by atoms with Gasteiger partial charge in [0.25, 0.3) is 0 Å². The maximum Gasteiger partial charge on any atom is 0.339 e. The molecule has 0 fully saturated rings. The van der Waals surface area contributed by atoms with Crippen molar-refractivity contribution in [2.75, 3.05) is 19.0 Å². The van der Waals surface area contributed by atoms with Gasteiger partial charge >= 0.3 is 5.97 Å². The molecule has 0 saturated carbocycles. The quantitative estimate of drug-likeness (QED) is 0.640. The molecule has 1 unspecified atom stereocenters. The minimum atomic E-state index is -1.62. The highest BCUT2D eigenvalue weighted by molar-refractivity contribution is 14.1. The van der Waals surface area contributed by atoms with E-state index in [1.54, 1.807) is 6.07 Å². The average Bonchev–Trinajstić information content (AvgIpc) is 2.26. The second-order valence-electron chi connectivity index (χ2n) is 3.74. The lowest BCUT2D eigenvalue weighted by Crippen LogP contribution is -2.42. The number of ether oxygens (including phenoxy) is 1. The van der Waals surface area contributed by atoms with Crippen molar-refractivity contribution in [3.8, 4) is 0 Å². The summed E-state index contributed by atoms with van der Waals surface area (Å²) in [5, 5.41) is 12.6. The SMILES string of the molecule is COC(=O)C(C)(O)CNc1ccc(F)cc1I. The fourth-order valence-corrected chi connectivity index (χ4v) is 1.86. The van der Waals surface area contributed by atoms with Gasteiger partial charge in [0.1, 0.15) is 5.82 Å². The average molecular weight is 353 g/mol. The van der Waals surface area contributed by atoms with Crippen LogP contribution in [-0.4, -0.2) is 30.3 Å². The zero-order valence-electron chi connectivity index (χ0n) is 9.46. The minimum Gasteiger partial charge on any atom is -0.467 e. The Labute approximate surface area is 112 Å². The summed E-state index contributed by atoms with van der Waals surface area (Å²) in [4.78, 5) is 11.2. The van der Waals surface area contributed by atoms with E-state index in [2.05, 4.69) is 10.1 Å². The molecule has 0 heterocycles. The summed E-state index contributed by atoms with van der Waals surface area (Å²) in [5.41, 5.74) is -0.970. The highest BCUT2D eigenvalue weighted by Gasteiger charge is 2.31. The highest BCUT2D eigenvalue weighted by Crippen LogP contribution is 2.20. The smallest absolute Gasteiger partial charge is 0.339 e. The van der Waals surface area contributed by atoms with Crippen molar-refractivity contribution in [2.45, 2.75) is 12.5 Å². The Balaban J connectivity index is 2.70. The van der Waals surface area contributed by atoms with Gasteiger partial charge in [-0.2, -0.15) is 0 Å². The summed E-state index contributed by atoms with van der Waals surface area (Å²) in [7, 11) is 1.21. The van der Waals surface area contributed by atoms with Crippen molar-refractivity contribution in [3.05, 3.63) is 27.6 Å². The molecule has 6 heteroatoms. The van der Waals surface area contributed by atoms with Crippen LogP contribution in [0, 0.1) is 9.39 Å². The van der Waals surface area contributed by atoms with Gasteiger partial charge in [0.15, 0.2) is 5.60 Å². The Morgan fingerprint density at radius 3 is 2.82 bits per heavy atom. The first-order chi connectivity index (χ1) is 7.86. The zero-order chi connectivity index (χ0) is 13.1. The summed E-state index contributed by atoms with van der Waals surface area (Å²) >= 11 is 1.96. The topological polar surface area (TPSA) is 58.6 Å². The normalized spacial score (nSPS) is 13.9. The third kappa shape index (κ3) is 3.81. The molecule has 0 aromatic heterocycles. The van der Waals surface area contributed by atoms with Gasteiger partial charge in [-0.25, -0.2) is 9.18 Å². The number of hydrogen-bond donors (Lipinski definition) is 2. The van der Waals surface area contributed by atoms with Gasteiger partial charge in [0, 0.05) is 9.26 Å². The number of hydrogen-bond acceptors (Lipinski definition) is 4. The number of benzene rings is 1. The van der Waals surface area contributed by atoms with Gasteiger partial charge in [-0.05, 0) is 47.7 Å². The lowest BCUT2D eigenvalue weighted by molar-refractivity contribution is -0.158. The number of rotatable bonds is 4. The number of anilines is 1. The monoisotopic (exact) mass is 353 g/mol. The van der Waals surface area contributed by atoms with Crippen molar-refractivity contribution in [1.82, 2.24) is 0 Å². The molecule has 2 N–H and O–H groups in total. The van der Waals surface area contributed by atoms with Crippen LogP contribution in [0.2, 0.25) is 0 Å². The molecule has 1 atom stereocenters. The molecular formula is C11H13FINO3. The van der Waals surface area contributed by atoms with Gasteiger partial charge in [-0.15, -0.1) is 0 Å². The molecule has 0 aliphatic carbocycles. The van der Waals surface area contributed by atoms with Crippen molar-refractivity contribution in [3.63, 3.8) is 0 Å². The molecule has 17 heavy (non-hydrogen) atoms. The maximum atomic E-state index is 12.8. The second kappa shape index (κ2) is 5.63. The van der Waals surface area contributed by atoms with Gasteiger partial charge in [-0.1, -0.05) is 0 Å². The predicted molar refractivity (Wildman–Crippen MR) is 70.2 cm³/mol. The Morgan fingerprint density at radius 2 is 2.29 bits per heavy atom. The van der Waals surface area contributed by atoms with Crippen LogP contribution >= 0.6 is 22.6 Å². The van der Waals surface area contributed by atoms with Crippen LogP contribution in [-0.2, 0) is 9.53 Å². The first-order valence-electron chi connectivity index (χ1n) is 4.86. The minimum absolute atomic E-state index is 0.0126. The molecule has 1 rings (SSSR count). The Kier molecular flexibility index (Phi) is 4.70. The van der Waals surface area contributed by atoms with Crippen LogP contribution < -0.4 is 5.32 Å². The third-order valence-corrected chi connectivity index (χ3v) is 3.07. The van der Waals surface area contributed by atoms with Gasteiger partial charge in [-0.3, -0.25) is 0 Å². The molecule has 0 spiro atoms. The van der Waals surface area contributed by atoms with Crippen LogP contribution in [0.5, 0.6) is 0 Å². The number of aliphatic hydroxyl groups is 1. The van der Waals surface area contributed by atoms with Crippen molar-refractivity contribution in [1.29, 1.82) is 0 Å². The van der Waals surface area contributed by atoms with Gasteiger partial charge < -0.3 is 15.2 Å². The Hall–Kier alpha value is -0.890. The number of methoxy groups -OCH3 is 1. The zero-order valence-corrected chi connectivity index (χ0v) is 11.6. The van der Waals surface area contributed by atoms with Crippen LogP contribution in [0.15, 0.2) is 18.2 Å². The van der Waals surface area contributed by atoms with E-state index in [1.807, 2.05) is 22.6 Å². The highest BCUT2D eigenvalue weighted by atomic mass is 127. The first-order valence-corrected chi connectivity index (χ1v) is 5.94. The van der Waals surface area contributed by atoms with Crippen molar-refractivity contribution < 1.29 is 19.0 Å². The van der Waals surface area contributed by atoms with E-state index in [9.17, 15) is 14.3 Å². The molecular weight excluding hydrogens is 340 g/mol. The van der Waals surface area contributed by atoms with Gasteiger partial charge in [0.2, 0.25) is 0 Å². The number of nitrogens with one attached hydrogen (secondary N) is 1. The predicted octanol–water partition coefficient (Wildman–Crippen LogP) is 1.77. The third-order valence-electron chi connectivity index (χ3n) is 2.18. The van der Waals surface area contributed by atoms with Gasteiger partial charge in [0.05, 0.1) is 13.7 Å². The molecule has 0 aliphatic heterocycles. The van der Waals surface area contributed by atoms with E-state index < -0.39 is 11.6 Å². The molecule has 0 bridgehead atoms. The summed E-state index contributed by atoms with van der Waals surface area (Å²) in [5.74, 6) is -1.05. The molecule has 1 aromatic carbocycles. The number of carbonyl (C=O) groups excluding carboxylic acids is 1. The molecule has 0 aliphatic rings. The summed E-state index contributed by atoms with van der Waals surface area (Å²) in [6.45, 7) is 1.34. The van der Waals surface area contributed by atoms with E-state index in [1.165, 1.54) is 26.2 Å². The van der Waals surface area contributed by atoms with Crippen molar-refractivity contribution >= 4 is 34.2 Å². The van der Waals surface area contributed by atoms with E-state index >= 15 is 0 Å². The maximum absolute atomic E-state index is 12.8. The van der Waals surface area contributed by atoms with Crippen LogP contribution in [0.4, 0.5) is 10.1 Å². The van der Waals surface area contributed by atoms with Crippen LogP contribution in [0.1, 0.15) is 6.92 Å². The second-order valence-corrected chi connectivity index (χ2v) is 4.91. The standard InChI is InChI=1S/C11H13FINO3/c1-11(16,10(15)17-2)6-14-9-4-3-7(12)5-8(9)13/h3-5,14,16H,6H2,1-2H3. The molecule has 0 amide bonds. The fraction of sp³-hybridized carbons (Fsp3) is 0.364. The lowest BCUT2D eigenvalue weighted by atomic mass is 10.1. The van der Waals surface area contributed by atoms with Crippen LogP contribution in [0.3, 0.4) is 0 Å². The first kappa shape index (κ1) is 14.2. The van der Waals surface area contributed by atoms with Crippen LogP contribution in [0.25, 0.3) is 0 Å². The lowest BCUT2D eigenvalue weighted by Gasteiger charge is -2.21.